The van der Waals surface area contributed by atoms with Crippen molar-refractivity contribution < 1.29 is 16.8 Å². The van der Waals surface area contributed by atoms with Gasteiger partial charge in [-0.25, -0.2) is 16.8 Å². The highest BCUT2D eigenvalue weighted by atomic mass is 35.5. The fourth-order valence-corrected chi connectivity index (χ4v) is 3.18. The van der Waals surface area contributed by atoms with Crippen LogP contribution in [0.5, 0.6) is 0 Å². The first kappa shape index (κ1) is 18.6. The van der Waals surface area contributed by atoms with E-state index < -0.39 is 20.0 Å². The van der Waals surface area contributed by atoms with Crippen molar-refractivity contribution in [2.45, 2.75) is 13.8 Å². The Morgan fingerprint density at radius 1 is 0.905 bits per heavy atom. The Bertz CT molecular complexity index is 777. The Labute approximate surface area is 138 Å². The molecule has 11 heteroatoms. The third-order valence-electron chi connectivity index (χ3n) is 2.31. The highest BCUT2D eigenvalue weighted by Crippen LogP contribution is 2.29. The van der Waals surface area contributed by atoms with Crippen molar-refractivity contribution in [2.24, 2.45) is 8.80 Å². The van der Waals surface area contributed by atoms with E-state index in [9.17, 15) is 16.8 Å². The maximum absolute atomic E-state index is 11.5. The van der Waals surface area contributed by atoms with E-state index in [1.54, 1.807) is 0 Å². The lowest BCUT2D eigenvalue weighted by atomic mass is 10.1. The summed E-state index contributed by atoms with van der Waals surface area (Å²) in [5, 5.41) is -0.666. The maximum Gasteiger partial charge on any atom is 0.253 e. The van der Waals surface area contributed by atoms with Gasteiger partial charge in [-0.3, -0.25) is 0 Å². The summed E-state index contributed by atoms with van der Waals surface area (Å²) in [6.07, 6.45) is 1.10. The zero-order valence-corrected chi connectivity index (χ0v) is 14.9. The van der Waals surface area contributed by atoms with Gasteiger partial charge < -0.3 is 0 Å². The zero-order valence-electron chi connectivity index (χ0n) is 11.0. The van der Waals surface area contributed by atoms with Crippen molar-refractivity contribution in [1.82, 2.24) is 0 Å². The topological polar surface area (TPSA) is 93.0 Å². The lowest BCUT2D eigenvalue weighted by molar-refractivity contribution is 0.597. The minimum Gasteiger partial charge on any atom is -0.205 e. The number of allylic oxidation sites excluding steroid dienone is 4. The molecule has 6 nitrogen and oxygen atoms in total. The Morgan fingerprint density at radius 2 is 1.38 bits per heavy atom. The first-order chi connectivity index (χ1) is 9.53. The van der Waals surface area contributed by atoms with Gasteiger partial charge in [0.05, 0.1) is 32.3 Å². The van der Waals surface area contributed by atoms with Crippen molar-refractivity contribution in [3.8, 4) is 0 Å². The van der Waals surface area contributed by atoms with Gasteiger partial charge in [-0.2, -0.15) is 8.80 Å². The monoisotopic (exact) mass is 392 g/mol. The second kappa shape index (κ2) is 6.78. The number of sulfonamides is 2. The van der Waals surface area contributed by atoms with Crippen LogP contribution in [0, 0.1) is 0 Å². The van der Waals surface area contributed by atoms with Crippen LogP contribution in [0.2, 0.25) is 0 Å². The SMILES string of the molecule is CCS(=O)(=O)/N=C1C(Cl)=C/C(=N\S(=O)(=O)CC)C(Cl)=C/1Cl. The summed E-state index contributed by atoms with van der Waals surface area (Å²) in [5.74, 6) is -0.470. The second-order valence-corrected chi connectivity index (χ2v) is 8.79. The summed E-state index contributed by atoms with van der Waals surface area (Å²) < 4.78 is 52.9. The van der Waals surface area contributed by atoms with Crippen LogP contribution in [0.15, 0.2) is 30.0 Å². The molecule has 0 aromatic heterocycles. The summed E-state index contributed by atoms with van der Waals surface area (Å²) in [6, 6.07) is 0. The van der Waals surface area contributed by atoms with E-state index in [0.717, 1.165) is 6.08 Å². The van der Waals surface area contributed by atoms with E-state index in [2.05, 4.69) is 8.80 Å². The summed E-state index contributed by atoms with van der Waals surface area (Å²) in [7, 11) is -7.45. The van der Waals surface area contributed by atoms with E-state index in [4.69, 9.17) is 34.8 Å². The predicted octanol–water partition coefficient (Wildman–Crippen LogP) is 2.39. The number of hydrogen-bond donors (Lipinski definition) is 0. The van der Waals surface area contributed by atoms with Gasteiger partial charge in [0.25, 0.3) is 20.0 Å². The van der Waals surface area contributed by atoms with Crippen LogP contribution in [0.1, 0.15) is 13.8 Å². The molecule has 0 N–H and O–H groups in total. The number of hydrogen-bond acceptors (Lipinski definition) is 4. The molecule has 0 heterocycles. The first-order valence-corrected chi connectivity index (χ1v) is 9.97. The lowest BCUT2D eigenvalue weighted by Crippen LogP contribution is -2.16. The predicted molar refractivity (Wildman–Crippen MR) is 86.5 cm³/mol. The smallest absolute Gasteiger partial charge is 0.205 e. The fraction of sp³-hybridized carbons (Fsp3) is 0.400. The standard InChI is InChI=1S/C10H11Cl3N2O4S2/c1-3-20(16,17)14-7-5-6(11)10(9(13)8(7)12)15-21(18,19)4-2/h5H,3-4H2,1-2H3/b14-7+,15-10-. The number of halogens is 3. The molecule has 0 fully saturated rings. The third-order valence-corrected chi connectivity index (χ3v) is 5.84. The Hall–Kier alpha value is -0.410. The molecule has 21 heavy (non-hydrogen) atoms. The number of nitrogens with zero attached hydrogens (tertiary/aromatic N) is 2. The van der Waals surface area contributed by atoms with E-state index in [1.165, 1.54) is 13.8 Å². The number of rotatable bonds is 4. The Morgan fingerprint density at radius 3 is 1.86 bits per heavy atom. The lowest BCUT2D eigenvalue weighted by Gasteiger charge is -2.13. The van der Waals surface area contributed by atoms with Gasteiger partial charge >= 0.3 is 0 Å². The summed E-state index contributed by atoms with van der Waals surface area (Å²) in [4.78, 5) is 0. The molecule has 118 valence electrons. The minimum atomic E-state index is -3.74. The van der Waals surface area contributed by atoms with Crippen LogP contribution in [-0.4, -0.2) is 39.8 Å². The quantitative estimate of drug-likeness (QED) is 0.685. The van der Waals surface area contributed by atoms with Gasteiger partial charge in [-0.15, -0.1) is 0 Å². The molecule has 0 saturated heterocycles. The van der Waals surface area contributed by atoms with Crippen molar-refractivity contribution in [3.05, 3.63) is 21.2 Å². The molecule has 0 amide bonds. The molecule has 1 aliphatic rings. The van der Waals surface area contributed by atoms with Gasteiger partial charge in [0.2, 0.25) is 0 Å². The van der Waals surface area contributed by atoms with Crippen molar-refractivity contribution in [1.29, 1.82) is 0 Å². The first-order valence-electron chi connectivity index (χ1n) is 5.61. The molecule has 0 spiro atoms. The average Bonchev–Trinajstić information content (AvgIpc) is 2.40. The van der Waals surface area contributed by atoms with Gasteiger partial charge in [-0.1, -0.05) is 34.8 Å². The average molecular weight is 394 g/mol. The molecular weight excluding hydrogens is 383 g/mol. The van der Waals surface area contributed by atoms with Gasteiger partial charge in [0.1, 0.15) is 5.71 Å². The van der Waals surface area contributed by atoms with E-state index in [0.29, 0.717) is 0 Å². The van der Waals surface area contributed by atoms with Crippen molar-refractivity contribution >= 4 is 66.3 Å². The Balaban J connectivity index is 3.47. The molecule has 0 unspecified atom stereocenters. The second-order valence-electron chi connectivity index (χ2n) is 3.78. The molecule has 0 saturated carbocycles. The van der Waals surface area contributed by atoms with Gasteiger partial charge in [0, 0.05) is 0 Å². The van der Waals surface area contributed by atoms with Crippen LogP contribution in [-0.2, 0) is 20.0 Å². The highest BCUT2D eigenvalue weighted by Gasteiger charge is 2.25. The molecular formula is C10H11Cl3N2O4S2. The van der Waals surface area contributed by atoms with E-state index in [1.807, 2.05) is 0 Å². The van der Waals surface area contributed by atoms with Gasteiger partial charge in [-0.05, 0) is 19.9 Å². The summed E-state index contributed by atoms with van der Waals surface area (Å²) in [6.45, 7) is 2.81. The molecule has 0 aromatic carbocycles. The van der Waals surface area contributed by atoms with Crippen molar-refractivity contribution in [2.75, 3.05) is 11.5 Å². The zero-order chi connectivity index (χ0) is 16.4. The van der Waals surface area contributed by atoms with Crippen LogP contribution in [0.25, 0.3) is 0 Å². The molecule has 0 bridgehead atoms. The third kappa shape index (κ3) is 4.79. The van der Waals surface area contributed by atoms with Crippen molar-refractivity contribution in [3.63, 3.8) is 0 Å². The normalized spacial score (nSPS) is 21.1. The van der Waals surface area contributed by atoms with E-state index in [-0.39, 0.29) is 38.0 Å². The molecule has 1 rings (SSSR count). The van der Waals surface area contributed by atoms with Crippen LogP contribution in [0.4, 0.5) is 0 Å². The van der Waals surface area contributed by atoms with Gasteiger partial charge in [0.15, 0.2) is 0 Å². The fourth-order valence-electron chi connectivity index (χ4n) is 1.14. The molecule has 0 aliphatic heterocycles. The molecule has 0 aromatic rings. The maximum atomic E-state index is 11.5. The van der Waals surface area contributed by atoms with Crippen LogP contribution >= 0.6 is 34.8 Å². The summed E-state index contributed by atoms with van der Waals surface area (Å²) >= 11 is 17.7. The van der Waals surface area contributed by atoms with E-state index >= 15 is 0 Å². The van der Waals surface area contributed by atoms with Crippen LogP contribution < -0.4 is 0 Å². The highest BCUT2D eigenvalue weighted by molar-refractivity contribution is 7.90. The minimum absolute atomic E-state index is 0.161. The molecule has 0 radical (unpaired) electrons. The summed E-state index contributed by atoms with van der Waals surface area (Å²) in [5.41, 5.74) is -0.403. The molecule has 1 aliphatic carbocycles. The largest absolute Gasteiger partial charge is 0.253 e. The Kier molecular flexibility index (Phi) is 6.02. The van der Waals surface area contributed by atoms with Crippen LogP contribution in [0.3, 0.4) is 0 Å². The molecule has 0 atom stereocenters.